The Hall–Kier alpha value is -3.42. The Kier molecular flexibility index (Phi) is 9.72. The molecule has 0 bridgehead atoms. The highest BCUT2D eigenvalue weighted by Crippen LogP contribution is 2.44. The lowest BCUT2D eigenvalue weighted by molar-refractivity contribution is -0.113. The van der Waals surface area contributed by atoms with Gasteiger partial charge in [-0.25, -0.2) is 0 Å². The number of fused-ring (bicyclic) bond motifs is 1. The summed E-state index contributed by atoms with van der Waals surface area (Å²) in [6.07, 6.45) is 4.60. The number of amides is 2. The average molecular weight is 591 g/mol. The number of carbonyl (C=O) groups is 2. The van der Waals surface area contributed by atoms with Gasteiger partial charge in [0.25, 0.3) is 5.91 Å². The number of nitrogens with one attached hydrogen (secondary N) is 2. The van der Waals surface area contributed by atoms with Crippen LogP contribution < -0.4 is 10.6 Å². The maximum Gasteiger partial charge on any atom is 0.251 e. The molecule has 3 aromatic rings. The van der Waals surface area contributed by atoms with Crippen molar-refractivity contribution < 1.29 is 9.59 Å². The molecule has 0 saturated carbocycles. The number of carbonyl (C=O) groups excluding carboxylic acids is 2. The highest BCUT2D eigenvalue weighted by Gasteiger charge is 2.32. The summed E-state index contributed by atoms with van der Waals surface area (Å²) in [6, 6.07) is 11.0. The Labute approximate surface area is 250 Å². The number of rotatable bonds is 10. The summed E-state index contributed by atoms with van der Waals surface area (Å²) < 4.78 is 1.89. The molecule has 0 saturated heterocycles. The first-order chi connectivity index (χ1) is 19.5. The van der Waals surface area contributed by atoms with Crippen LogP contribution >= 0.6 is 23.1 Å². The second-order valence-electron chi connectivity index (χ2n) is 11.8. The van der Waals surface area contributed by atoms with Crippen LogP contribution in [0.25, 0.3) is 0 Å². The molecule has 0 aliphatic heterocycles. The zero-order valence-electron chi connectivity index (χ0n) is 24.4. The van der Waals surface area contributed by atoms with Crippen molar-refractivity contribution in [2.45, 2.75) is 71.6 Å². The van der Waals surface area contributed by atoms with Gasteiger partial charge in [0.15, 0.2) is 11.0 Å². The maximum absolute atomic E-state index is 13.0. The molecule has 0 fully saturated rings. The van der Waals surface area contributed by atoms with Gasteiger partial charge >= 0.3 is 0 Å². The summed E-state index contributed by atoms with van der Waals surface area (Å²) in [4.78, 5) is 27.2. The minimum atomic E-state index is -0.383. The maximum atomic E-state index is 13.0. The standard InChI is InChI=1S/C31H38N6O2S2/c1-7-15-37-27(26(19(2)3)34-28(39)20-11-9-8-10-12-20)35-36-30(37)40-18-25(38)33-29-23(17-32)22-14-13-21(31(4,5)6)16-24(22)41-29/h7-12,19,21,26H,1,13-16,18H2,2-6H3,(H,33,38)(H,34,39)/t21-,26+/m0/s1. The van der Waals surface area contributed by atoms with Crippen LogP contribution in [0.2, 0.25) is 0 Å². The van der Waals surface area contributed by atoms with Gasteiger partial charge in [0, 0.05) is 17.0 Å². The van der Waals surface area contributed by atoms with Gasteiger partial charge in [-0.15, -0.1) is 28.1 Å². The van der Waals surface area contributed by atoms with E-state index >= 15 is 0 Å². The summed E-state index contributed by atoms with van der Waals surface area (Å²) >= 11 is 2.80. The number of thiophene rings is 1. The van der Waals surface area contributed by atoms with Crippen LogP contribution in [-0.4, -0.2) is 32.3 Å². The Bertz CT molecular complexity index is 1450. The zero-order valence-corrected chi connectivity index (χ0v) is 26.0. The molecule has 2 aromatic heterocycles. The summed E-state index contributed by atoms with van der Waals surface area (Å²) in [6.45, 7) is 15.1. The number of anilines is 1. The van der Waals surface area contributed by atoms with Crippen LogP contribution in [0.3, 0.4) is 0 Å². The molecule has 4 rings (SSSR count). The molecule has 0 spiro atoms. The molecule has 1 aliphatic rings. The van der Waals surface area contributed by atoms with Crippen molar-refractivity contribution in [1.82, 2.24) is 20.1 Å². The molecular weight excluding hydrogens is 553 g/mol. The van der Waals surface area contributed by atoms with Crippen LogP contribution in [-0.2, 0) is 24.2 Å². The quantitative estimate of drug-likeness (QED) is 0.209. The Morgan fingerprint density at radius 3 is 2.63 bits per heavy atom. The molecular formula is C31H38N6O2S2. The van der Waals surface area contributed by atoms with Gasteiger partial charge in [-0.2, -0.15) is 5.26 Å². The Balaban J connectivity index is 1.47. The van der Waals surface area contributed by atoms with E-state index in [1.54, 1.807) is 18.2 Å². The van der Waals surface area contributed by atoms with Gasteiger partial charge in [-0.3, -0.25) is 9.59 Å². The van der Waals surface area contributed by atoms with E-state index in [4.69, 9.17) is 0 Å². The van der Waals surface area contributed by atoms with Crippen LogP contribution in [0.4, 0.5) is 5.00 Å². The van der Waals surface area contributed by atoms with E-state index in [1.807, 2.05) is 36.6 Å². The van der Waals surface area contributed by atoms with Gasteiger partial charge in [0.05, 0.1) is 17.4 Å². The fourth-order valence-corrected chi connectivity index (χ4v) is 7.15. The van der Waals surface area contributed by atoms with E-state index in [0.29, 0.717) is 39.6 Å². The highest BCUT2D eigenvalue weighted by atomic mass is 32.2. The first kappa shape index (κ1) is 30.5. The molecule has 1 aliphatic carbocycles. The Morgan fingerprint density at radius 1 is 1.27 bits per heavy atom. The summed E-state index contributed by atoms with van der Waals surface area (Å²) in [5.41, 5.74) is 2.46. The molecule has 41 heavy (non-hydrogen) atoms. The smallest absolute Gasteiger partial charge is 0.251 e. The van der Waals surface area contributed by atoms with Gasteiger partial charge in [-0.05, 0) is 54.2 Å². The number of aromatic nitrogens is 3. The van der Waals surface area contributed by atoms with E-state index in [-0.39, 0.29) is 34.9 Å². The Morgan fingerprint density at radius 2 is 2.00 bits per heavy atom. The lowest BCUT2D eigenvalue weighted by Gasteiger charge is -2.33. The van der Waals surface area contributed by atoms with Crippen LogP contribution in [0.5, 0.6) is 0 Å². The van der Waals surface area contributed by atoms with Crippen molar-refractivity contribution >= 4 is 39.9 Å². The van der Waals surface area contributed by atoms with Crippen LogP contribution in [0.15, 0.2) is 48.1 Å². The first-order valence-corrected chi connectivity index (χ1v) is 15.7. The molecule has 2 atom stereocenters. The SMILES string of the molecule is C=CCn1c(SCC(=O)Nc2sc3c(c2C#N)CC[C@H](C(C)(C)C)C3)nnc1[C@H](NC(=O)c1ccccc1)C(C)C. The third-order valence-electron chi connectivity index (χ3n) is 7.51. The van der Waals surface area contributed by atoms with E-state index in [2.05, 4.69) is 54.3 Å². The molecule has 216 valence electrons. The molecule has 8 nitrogen and oxygen atoms in total. The lowest BCUT2D eigenvalue weighted by atomic mass is 9.72. The van der Waals surface area contributed by atoms with E-state index in [9.17, 15) is 14.9 Å². The second kappa shape index (κ2) is 13.0. The van der Waals surface area contributed by atoms with Crippen molar-refractivity contribution in [3.8, 4) is 6.07 Å². The summed E-state index contributed by atoms with van der Waals surface area (Å²) in [5, 5.41) is 25.9. The number of nitrogens with zero attached hydrogens (tertiary/aromatic N) is 4. The molecule has 10 heteroatoms. The summed E-state index contributed by atoms with van der Waals surface area (Å²) in [7, 11) is 0. The number of nitriles is 1. The predicted octanol–water partition coefficient (Wildman–Crippen LogP) is 6.41. The molecule has 0 unspecified atom stereocenters. The summed E-state index contributed by atoms with van der Waals surface area (Å²) in [5.74, 6) is 0.922. The number of hydrogen-bond acceptors (Lipinski definition) is 7. The number of thioether (sulfide) groups is 1. The first-order valence-electron chi connectivity index (χ1n) is 13.9. The monoisotopic (exact) mass is 590 g/mol. The average Bonchev–Trinajstić information content (AvgIpc) is 3.49. The zero-order chi connectivity index (χ0) is 29.7. The molecule has 0 radical (unpaired) electrons. The minimum absolute atomic E-state index is 0.0451. The molecule has 1 aromatic carbocycles. The minimum Gasteiger partial charge on any atom is -0.342 e. The largest absolute Gasteiger partial charge is 0.342 e. The fourth-order valence-electron chi connectivity index (χ4n) is 5.11. The van der Waals surface area contributed by atoms with Crippen molar-refractivity contribution in [2.75, 3.05) is 11.1 Å². The van der Waals surface area contributed by atoms with Crippen molar-refractivity contribution in [3.63, 3.8) is 0 Å². The van der Waals surface area contributed by atoms with E-state index in [0.717, 1.165) is 24.8 Å². The lowest BCUT2D eigenvalue weighted by Crippen LogP contribution is -2.33. The number of allylic oxidation sites excluding steroid dienone is 1. The molecule has 2 amide bonds. The number of hydrogen-bond donors (Lipinski definition) is 2. The van der Waals surface area contributed by atoms with Crippen molar-refractivity contribution in [3.05, 3.63) is 70.4 Å². The fraction of sp³-hybridized carbons (Fsp3) is 0.452. The van der Waals surface area contributed by atoms with Crippen LogP contribution in [0.1, 0.15) is 79.3 Å². The van der Waals surface area contributed by atoms with Gasteiger partial charge in [0.1, 0.15) is 11.1 Å². The van der Waals surface area contributed by atoms with Crippen molar-refractivity contribution in [2.24, 2.45) is 17.3 Å². The molecule has 2 N–H and O–H groups in total. The predicted molar refractivity (Wildman–Crippen MR) is 165 cm³/mol. The van der Waals surface area contributed by atoms with Crippen LogP contribution in [0, 0.1) is 28.6 Å². The van der Waals surface area contributed by atoms with Crippen molar-refractivity contribution in [1.29, 1.82) is 5.26 Å². The van der Waals surface area contributed by atoms with Gasteiger partial charge in [0.2, 0.25) is 5.91 Å². The van der Waals surface area contributed by atoms with E-state index in [1.165, 1.54) is 28.0 Å². The molecule has 2 heterocycles. The van der Waals surface area contributed by atoms with E-state index < -0.39 is 0 Å². The highest BCUT2D eigenvalue weighted by molar-refractivity contribution is 7.99. The van der Waals surface area contributed by atoms with Gasteiger partial charge < -0.3 is 15.2 Å². The topological polar surface area (TPSA) is 113 Å². The number of benzene rings is 1. The normalized spacial score (nSPS) is 15.6. The van der Waals surface area contributed by atoms with Gasteiger partial charge in [-0.1, -0.05) is 70.7 Å². The third kappa shape index (κ3) is 7.08. The third-order valence-corrected chi connectivity index (χ3v) is 9.65. The second-order valence-corrected chi connectivity index (χ2v) is 13.8.